The van der Waals surface area contributed by atoms with Crippen molar-refractivity contribution in [2.24, 2.45) is 0 Å². The highest BCUT2D eigenvalue weighted by molar-refractivity contribution is 6.80. The Labute approximate surface area is 113 Å². The Balaban J connectivity index is 4.28. The second kappa shape index (κ2) is 8.63. The first kappa shape index (κ1) is 17.6. The molecule has 0 aromatic heterocycles. The van der Waals surface area contributed by atoms with Gasteiger partial charge in [-0.15, -0.1) is 0 Å². The van der Waals surface area contributed by atoms with Crippen LogP contribution in [0.3, 0.4) is 0 Å². The van der Waals surface area contributed by atoms with Crippen molar-refractivity contribution < 1.29 is 8.23 Å². The van der Waals surface area contributed by atoms with Crippen LogP contribution in [-0.4, -0.2) is 26.6 Å². The van der Waals surface area contributed by atoms with Gasteiger partial charge in [-0.1, -0.05) is 41.5 Å². The van der Waals surface area contributed by atoms with Crippen molar-refractivity contribution in [3.8, 4) is 0 Å². The molecule has 2 radical (unpaired) electrons. The lowest BCUT2D eigenvalue weighted by Crippen LogP contribution is -2.43. The molecule has 0 spiro atoms. The fourth-order valence-corrected chi connectivity index (χ4v) is 10.6. The summed E-state index contributed by atoms with van der Waals surface area (Å²) in [5.41, 5.74) is 0. The Kier molecular flexibility index (Phi) is 8.92. The highest BCUT2D eigenvalue weighted by Gasteiger charge is 2.33. The van der Waals surface area contributed by atoms with Crippen LogP contribution in [0.4, 0.5) is 0 Å². The predicted molar refractivity (Wildman–Crippen MR) is 82.3 cm³/mol. The molecule has 0 aliphatic rings. The molecule has 0 aliphatic heterocycles. The van der Waals surface area contributed by atoms with Gasteiger partial charge in [0.05, 0.1) is 0 Å². The van der Waals surface area contributed by atoms with Gasteiger partial charge in [0, 0.05) is 0 Å². The Bertz CT molecular complexity index is 156. The third kappa shape index (κ3) is 4.98. The molecule has 2 nitrogen and oxygen atoms in total. The number of rotatable bonds is 10. The maximum absolute atomic E-state index is 6.22. The minimum Gasteiger partial charge on any atom is -0.434 e. The topological polar surface area (TPSA) is 18.5 Å². The Hall–Kier alpha value is 0.571. The molecule has 0 N–H and O–H groups in total. The van der Waals surface area contributed by atoms with Crippen LogP contribution in [0.25, 0.3) is 0 Å². The molecule has 0 unspecified atom stereocenters. The van der Waals surface area contributed by atoms with E-state index in [9.17, 15) is 0 Å². The van der Waals surface area contributed by atoms with Gasteiger partial charge in [0.1, 0.15) is 0 Å². The zero-order valence-electron chi connectivity index (χ0n) is 12.6. The molecule has 0 fully saturated rings. The van der Waals surface area contributed by atoms with E-state index in [2.05, 4.69) is 41.5 Å². The van der Waals surface area contributed by atoms with E-state index < -0.39 is 16.6 Å². The number of hydrogen-bond donors (Lipinski definition) is 0. The van der Waals surface area contributed by atoms with Crippen LogP contribution >= 0.6 is 0 Å². The molecule has 0 atom stereocenters. The van der Waals surface area contributed by atoms with E-state index in [0.717, 1.165) is 0 Å². The fraction of sp³-hybridized carbons (Fsp3) is 1.00. The van der Waals surface area contributed by atoms with Crippen LogP contribution < -0.4 is 0 Å². The summed E-state index contributed by atoms with van der Waals surface area (Å²) in [7, 11) is -2.59. The summed E-state index contributed by atoms with van der Waals surface area (Å²) < 4.78 is 12.4. The summed E-state index contributed by atoms with van der Waals surface area (Å²) in [4.78, 5) is 0. The van der Waals surface area contributed by atoms with Gasteiger partial charge in [-0.3, -0.25) is 0 Å². The largest absolute Gasteiger partial charge is 0.434 e. The molecular formula is C12H30O2Si3. The molecule has 0 saturated heterocycles. The minimum absolute atomic E-state index is 0.299. The van der Waals surface area contributed by atoms with Crippen LogP contribution in [0, 0.1) is 0 Å². The fourth-order valence-electron chi connectivity index (χ4n) is 2.13. The molecule has 17 heavy (non-hydrogen) atoms. The lowest BCUT2D eigenvalue weighted by atomic mass is 10.9. The van der Waals surface area contributed by atoms with Gasteiger partial charge in [-0.25, -0.2) is 0 Å². The summed E-state index contributed by atoms with van der Waals surface area (Å²) in [5, 5.41) is 0. The van der Waals surface area contributed by atoms with Crippen molar-refractivity contribution in [1.82, 2.24) is 0 Å². The summed E-state index contributed by atoms with van der Waals surface area (Å²) in [6.45, 7) is 13.6. The van der Waals surface area contributed by atoms with Crippen molar-refractivity contribution in [3.05, 3.63) is 0 Å². The molecule has 0 bridgehead atoms. The predicted octanol–water partition coefficient (Wildman–Crippen LogP) is 4.56. The van der Waals surface area contributed by atoms with Gasteiger partial charge in [-0.2, -0.15) is 0 Å². The van der Waals surface area contributed by atoms with Crippen molar-refractivity contribution in [2.45, 2.75) is 77.8 Å². The van der Waals surface area contributed by atoms with E-state index in [4.69, 9.17) is 8.23 Å². The molecule has 0 amide bonds. The van der Waals surface area contributed by atoms with Gasteiger partial charge in [0.2, 0.25) is 0 Å². The minimum atomic E-state index is -1.45. The van der Waals surface area contributed by atoms with Gasteiger partial charge in [-0.05, 0) is 36.3 Å². The molecule has 0 aromatic rings. The molecular weight excluding hydrogens is 260 g/mol. The monoisotopic (exact) mass is 290 g/mol. The Morgan fingerprint density at radius 2 is 0.824 bits per heavy atom. The third-order valence-electron chi connectivity index (χ3n) is 4.38. The maximum atomic E-state index is 6.22. The summed E-state index contributed by atoms with van der Waals surface area (Å²) in [5.74, 6) is 0. The highest BCUT2D eigenvalue weighted by Crippen LogP contribution is 2.24. The van der Waals surface area contributed by atoms with Gasteiger partial charge >= 0.3 is 10.0 Å². The van der Waals surface area contributed by atoms with Crippen LogP contribution in [0.1, 0.15) is 41.5 Å². The average Bonchev–Trinajstić information content (AvgIpc) is 2.41. The molecule has 0 aliphatic carbocycles. The lowest BCUT2D eigenvalue weighted by Gasteiger charge is -2.32. The first-order valence-corrected chi connectivity index (χ1v) is 13.1. The van der Waals surface area contributed by atoms with E-state index in [1.54, 1.807) is 0 Å². The van der Waals surface area contributed by atoms with Crippen molar-refractivity contribution in [1.29, 1.82) is 0 Å². The quantitative estimate of drug-likeness (QED) is 0.549. The average molecular weight is 291 g/mol. The summed E-state index contributed by atoms with van der Waals surface area (Å²) in [6.07, 6.45) is 0. The van der Waals surface area contributed by atoms with E-state index in [1.807, 2.05) is 0 Å². The SMILES string of the molecule is CC[Si](CC)(CC)O[Si]O[Si](CC)(CC)CC. The van der Waals surface area contributed by atoms with Crippen LogP contribution in [0.2, 0.25) is 36.3 Å². The smallest absolute Gasteiger partial charge is 0.410 e. The Morgan fingerprint density at radius 1 is 0.588 bits per heavy atom. The highest BCUT2D eigenvalue weighted by atomic mass is 28.4. The summed E-state index contributed by atoms with van der Waals surface area (Å²) >= 11 is 0. The zero-order valence-corrected chi connectivity index (χ0v) is 15.6. The van der Waals surface area contributed by atoms with Gasteiger partial charge < -0.3 is 8.23 Å². The molecule has 0 heterocycles. The third-order valence-corrected chi connectivity index (χ3v) is 16.2. The molecule has 0 saturated carbocycles. The zero-order chi connectivity index (χ0) is 13.4. The van der Waals surface area contributed by atoms with E-state index in [1.165, 1.54) is 36.3 Å². The normalized spacial score (nSPS) is 13.1. The van der Waals surface area contributed by atoms with Crippen molar-refractivity contribution in [2.75, 3.05) is 0 Å². The Morgan fingerprint density at radius 3 is 1.00 bits per heavy atom. The first-order chi connectivity index (χ1) is 8.07. The van der Waals surface area contributed by atoms with Crippen LogP contribution in [0.5, 0.6) is 0 Å². The molecule has 0 aromatic carbocycles. The lowest BCUT2D eigenvalue weighted by molar-refractivity contribution is 0.435. The number of hydrogen-bond acceptors (Lipinski definition) is 2. The van der Waals surface area contributed by atoms with E-state index in [-0.39, 0.29) is 0 Å². The second-order valence-electron chi connectivity index (χ2n) is 4.77. The standard InChI is InChI=1S/C12H30O2Si3/c1-7-16(8-2,9-3)13-15-14-17(10-4,11-5)12-6/h7-12H2,1-6H3. The maximum Gasteiger partial charge on any atom is 0.410 e. The van der Waals surface area contributed by atoms with Crippen molar-refractivity contribution in [3.63, 3.8) is 0 Å². The molecule has 102 valence electrons. The van der Waals surface area contributed by atoms with Gasteiger partial charge in [0.25, 0.3) is 0 Å². The summed E-state index contributed by atoms with van der Waals surface area (Å²) in [6, 6.07) is 7.31. The first-order valence-electron chi connectivity index (χ1n) is 7.18. The molecule has 5 heteroatoms. The van der Waals surface area contributed by atoms with E-state index in [0.29, 0.717) is 10.0 Å². The van der Waals surface area contributed by atoms with Crippen LogP contribution in [0.15, 0.2) is 0 Å². The van der Waals surface area contributed by atoms with Gasteiger partial charge in [0.15, 0.2) is 16.6 Å². The molecule has 0 rings (SSSR count). The van der Waals surface area contributed by atoms with E-state index >= 15 is 0 Å². The van der Waals surface area contributed by atoms with Crippen molar-refractivity contribution >= 4 is 26.6 Å². The second-order valence-corrected chi connectivity index (χ2v) is 15.5. The van der Waals surface area contributed by atoms with Crippen LogP contribution in [-0.2, 0) is 8.23 Å².